The van der Waals surface area contributed by atoms with Gasteiger partial charge < -0.3 is 10.2 Å². The number of carbonyl (C=O) groups excluding carboxylic acids is 2. The molecule has 0 atom stereocenters. The highest BCUT2D eigenvalue weighted by Crippen LogP contribution is 2.34. The number of amides is 2. The fourth-order valence-corrected chi connectivity index (χ4v) is 3.49. The molecule has 0 saturated heterocycles. The van der Waals surface area contributed by atoms with E-state index in [-0.39, 0.29) is 18.2 Å². The molecule has 6 heteroatoms. The molecule has 124 valence electrons. The zero-order valence-corrected chi connectivity index (χ0v) is 14.0. The molecule has 1 aliphatic rings. The summed E-state index contributed by atoms with van der Waals surface area (Å²) in [5, 5.41) is 2.71. The Hall–Kier alpha value is -2.34. The van der Waals surface area contributed by atoms with Gasteiger partial charge in [-0.25, -0.2) is 4.39 Å². The molecule has 1 heterocycles. The monoisotopic (exact) mass is 344 g/mol. The Kier molecular flexibility index (Phi) is 4.85. The van der Waals surface area contributed by atoms with Gasteiger partial charge in [0.25, 0.3) is 0 Å². The smallest absolute Gasteiger partial charge is 0.237 e. The van der Waals surface area contributed by atoms with Gasteiger partial charge in [0.2, 0.25) is 11.8 Å². The number of nitrogens with zero attached hydrogens (tertiary/aromatic N) is 1. The molecule has 2 aromatic rings. The molecule has 0 aromatic heterocycles. The van der Waals surface area contributed by atoms with Crippen LogP contribution in [0.15, 0.2) is 47.4 Å². The first kappa shape index (κ1) is 16.5. The van der Waals surface area contributed by atoms with Crippen LogP contribution in [-0.4, -0.2) is 24.1 Å². The van der Waals surface area contributed by atoms with Crippen molar-refractivity contribution >= 4 is 35.0 Å². The van der Waals surface area contributed by atoms with Gasteiger partial charge in [-0.3, -0.25) is 9.59 Å². The standard InChI is InChI=1S/C18H17FN2O2S/c1-12-6-7-13(19)10-14(12)20-17(22)8-9-21-15-4-2-3-5-16(15)24-11-18(21)23/h2-7,10H,8-9,11H2,1H3,(H,20,22). The SMILES string of the molecule is Cc1ccc(F)cc1NC(=O)CCN1C(=O)CSc2ccccc21. The van der Waals surface area contributed by atoms with Gasteiger partial charge in [0.1, 0.15) is 5.82 Å². The van der Waals surface area contributed by atoms with Gasteiger partial charge in [0, 0.05) is 23.5 Å². The Morgan fingerprint density at radius 3 is 2.92 bits per heavy atom. The van der Waals surface area contributed by atoms with Crippen molar-refractivity contribution in [2.24, 2.45) is 0 Å². The van der Waals surface area contributed by atoms with E-state index in [4.69, 9.17) is 0 Å². The quantitative estimate of drug-likeness (QED) is 0.922. The third-order valence-corrected chi connectivity index (χ3v) is 4.89. The first-order valence-electron chi connectivity index (χ1n) is 7.63. The van der Waals surface area contributed by atoms with Crippen molar-refractivity contribution in [1.29, 1.82) is 0 Å². The lowest BCUT2D eigenvalue weighted by atomic mass is 10.2. The average Bonchev–Trinajstić information content (AvgIpc) is 2.57. The topological polar surface area (TPSA) is 49.4 Å². The summed E-state index contributed by atoms with van der Waals surface area (Å²) in [6, 6.07) is 11.9. The Bertz CT molecular complexity index is 794. The molecule has 4 nitrogen and oxygen atoms in total. The fourth-order valence-electron chi connectivity index (χ4n) is 2.55. The van der Waals surface area contributed by atoms with E-state index in [1.54, 1.807) is 17.9 Å². The number of aryl methyl sites for hydroxylation is 1. The van der Waals surface area contributed by atoms with E-state index < -0.39 is 5.82 Å². The predicted molar refractivity (Wildman–Crippen MR) is 93.9 cm³/mol. The van der Waals surface area contributed by atoms with E-state index in [2.05, 4.69) is 5.32 Å². The number of benzene rings is 2. The summed E-state index contributed by atoms with van der Waals surface area (Å²) >= 11 is 1.51. The maximum atomic E-state index is 13.3. The number of anilines is 2. The van der Waals surface area contributed by atoms with Crippen LogP contribution in [0.4, 0.5) is 15.8 Å². The van der Waals surface area contributed by atoms with Gasteiger partial charge in [-0.2, -0.15) is 0 Å². The van der Waals surface area contributed by atoms with Crippen LogP contribution < -0.4 is 10.2 Å². The van der Waals surface area contributed by atoms with Crippen molar-refractivity contribution in [2.45, 2.75) is 18.2 Å². The number of thioether (sulfide) groups is 1. The molecule has 2 amide bonds. The van der Waals surface area contributed by atoms with Crippen molar-refractivity contribution in [3.05, 3.63) is 53.8 Å². The Labute approximate surface area is 144 Å². The predicted octanol–water partition coefficient (Wildman–Crippen LogP) is 3.60. The molecule has 0 unspecified atom stereocenters. The molecule has 3 rings (SSSR count). The van der Waals surface area contributed by atoms with Crippen molar-refractivity contribution in [3.63, 3.8) is 0 Å². The summed E-state index contributed by atoms with van der Waals surface area (Å²) in [7, 11) is 0. The summed E-state index contributed by atoms with van der Waals surface area (Å²) in [6.45, 7) is 2.10. The van der Waals surface area contributed by atoms with Crippen LogP contribution in [0.5, 0.6) is 0 Å². The molecule has 2 aromatic carbocycles. The number of carbonyl (C=O) groups is 2. The van der Waals surface area contributed by atoms with E-state index in [1.807, 2.05) is 24.3 Å². The molecule has 0 spiro atoms. The van der Waals surface area contributed by atoms with Crippen LogP contribution in [0.3, 0.4) is 0 Å². The number of halogens is 1. The number of para-hydroxylation sites is 1. The van der Waals surface area contributed by atoms with Gasteiger partial charge in [-0.1, -0.05) is 18.2 Å². The lowest BCUT2D eigenvalue weighted by Gasteiger charge is -2.28. The average molecular weight is 344 g/mol. The van der Waals surface area contributed by atoms with E-state index in [9.17, 15) is 14.0 Å². The molecule has 0 fully saturated rings. The van der Waals surface area contributed by atoms with Crippen LogP contribution in [0.2, 0.25) is 0 Å². The van der Waals surface area contributed by atoms with E-state index in [0.717, 1.165) is 16.1 Å². The molecule has 0 aliphatic carbocycles. The first-order valence-corrected chi connectivity index (χ1v) is 8.61. The van der Waals surface area contributed by atoms with E-state index in [1.165, 1.54) is 23.9 Å². The highest BCUT2D eigenvalue weighted by molar-refractivity contribution is 8.00. The molecule has 0 radical (unpaired) electrons. The highest BCUT2D eigenvalue weighted by atomic mass is 32.2. The molecular formula is C18H17FN2O2S. The van der Waals surface area contributed by atoms with Gasteiger partial charge in [0.15, 0.2) is 0 Å². The number of hydrogen-bond donors (Lipinski definition) is 1. The largest absolute Gasteiger partial charge is 0.326 e. The Morgan fingerprint density at radius 1 is 1.29 bits per heavy atom. The molecule has 0 saturated carbocycles. The number of hydrogen-bond acceptors (Lipinski definition) is 3. The summed E-state index contributed by atoms with van der Waals surface area (Å²) in [6.07, 6.45) is 0.153. The van der Waals surface area contributed by atoms with Crippen LogP contribution in [0.1, 0.15) is 12.0 Å². The summed E-state index contributed by atoms with van der Waals surface area (Å²) in [4.78, 5) is 27.0. The lowest BCUT2D eigenvalue weighted by Crippen LogP contribution is -2.37. The minimum Gasteiger partial charge on any atom is -0.326 e. The second-order valence-electron chi connectivity index (χ2n) is 5.56. The molecule has 24 heavy (non-hydrogen) atoms. The maximum Gasteiger partial charge on any atom is 0.237 e. The second kappa shape index (κ2) is 7.05. The normalized spacial score (nSPS) is 13.6. The molecule has 0 bridgehead atoms. The third-order valence-electron chi connectivity index (χ3n) is 3.84. The third kappa shape index (κ3) is 3.59. The molecule has 1 N–H and O–H groups in total. The van der Waals surface area contributed by atoms with Crippen LogP contribution in [-0.2, 0) is 9.59 Å². The minimum atomic E-state index is -0.395. The number of fused-ring (bicyclic) bond motifs is 1. The van der Waals surface area contributed by atoms with Crippen LogP contribution in [0, 0.1) is 12.7 Å². The van der Waals surface area contributed by atoms with E-state index >= 15 is 0 Å². The van der Waals surface area contributed by atoms with Crippen LogP contribution in [0.25, 0.3) is 0 Å². The Balaban J connectivity index is 1.66. The minimum absolute atomic E-state index is 0.00608. The van der Waals surface area contributed by atoms with Crippen molar-refractivity contribution < 1.29 is 14.0 Å². The zero-order chi connectivity index (χ0) is 17.1. The van der Waals surface area contributed by atoms with Crippen molar-refractivity contribution in [2.75, 3.05) is 22.5 Å². The number of nitrogens with one attached hydrogen (secondary N) is 1. The van der Waals surface area contributed by atoms with Gasteiger partial charge in [-0.15, -0.1) is 11.8 Å². The highest BCUT2D eigenvalue weighted by Gasteiger charge is 2.24. The van der Waals surface area contributed by atoms with Crippen molar-refractivity contribution in [3.8, 4) is 0 Å². The van der Waals surface area contributed by atoms with Gasteiger partial charge >= 0.3 is 0 Å². The van der Waals surface area contributed by atoms with Gasteiger partial charge in [-0.05, 0) is 36.8 Å². The van der Waals surface area contributed by atoms with Gasteiger partial charge in [0.05, 0.1) is 11.4 Å². The number of rotatable bonds is 4. The maximum absolute atomic E-state index is 13.3. The molecular weight excluding hydrogens is 327 g/mol. The molecule has 1 aliphatic heterocycles. The summed E-state index contributed by atoms with van der Waals surface area (Å²) < 4.78 is 13.3. The second-order valence-corrected chi connectivity index (χ2v) is 6.58. The fraction of sp³-hybridized carbons (Fsp3) is 0.222. The first-order chi connectivity index (χ1) is 11.5. The summed E-state index contributed by atoms with van der Waals surface area (Å²) in [5.41, 5.74) is 2.09. The summed E-state index contributed by atoms with van der Waals surface area (Å²) in [5.74, 6) is -0.268. The zero-order valence-electron chi connectivity index (χ0n) is 13.2. The Morgan fingerprint density at radius 2 is 2.08 bits per heavy atom. The lowest BCUT2D eigenvalue weighted by molar-refractivity contribution is -0.117. The van der Waals surface area contributed by atoms with Crippen molar-refractivity contribution in [1.82, 2.24) is 0 Å². The van der Waals surface area contributed by atoms with E-state index in [0.29, 0.717) is 18.0 Å². The van der Waals surface area contributed by atoms with Crippen LogP contribution >= 0.6 is 11.8 Å².